The molecule has 2 N–H and O–H groups in total. The van der Waals surface area contributed by atoms with Crippen molar-refractivity contribution in [2.45, 2.75) is 36.2 Å². The highest BCUT2D eigenvalue weighted by Gasteiger charge is 2.45. The molecule has 2 aromatic rings. The number of hydrogen-bond donors (Lipinski definition) is 2. The Morgan fingerprint density at radius 1 is 1.24 bits per heavy atom. The van der Waals surface area contributed by atoms with Gasteiger partial charge in [-0.2, -0.15) is 4.31 Å². The van der Waals surface area contributed by atoms with E-state index in [1.54, 1.807) is 29.6 Å². The van der Waals surface area contributed by atoms with Gasteiger partial charge in [0.15, 0.2) is 6.17 Å². The average Bonchev–Trinajstić information content (AvgIpc) is 3.33. The molecular weight excluding hydrogens is 470 g/mol. The number of rotatable bonds is 7. The van der Waals surface area contributed by atoms with E-state index in [-0.39, 0.29) is 17.3 Å². The fourth-order valence-electron chi connectivity index (χ4n) is 3.72. The molecule has 2 unspecified atom stereocenters. The summed E-state index contributed by atoms with van der Waals surface area (Å²) in [6.45, 7) is 1.95. The molecule has 33 heavy (non-hydrogen) atoms. The van der Waals surface area contributed by atoms with Crippen molar-refractivity contribution in [2.75, 3.05) is 20.2 Å². The first-order valence-electron chi connectivity index (χ1n) is 10.1. The van der Waals surface area contributed by atoms with Gasteiger partial charge in [-0.05, 0) is 30.4 Å². The Hall–Kier alpha value is -2.96. The van der Waals surface area contributed by atoms with Crippen LogP contribution in [0.5, 0.6) is 0 Å². The Labute approximate surface area is 195 Å². The Kier molecular flexibility index (Phi) is 7.72. The van der Waals surface area contributed by atoms with Crippen molar-refractivity contribution in [3.63, 3.8) is 0 Å². The fraction of sp³-hybridized carbons (Fsp3) is 0.381. The number of sulfonamides is 1. The monoisotopic (exact) mass is 495 g/mol. The standard InChI is InChI=1S/C21H25N3O7S2/c1-14-6-3-7-15(12-14)16(13-17(25)26)22-19(27)20-23(21(28)31-2)9-5-10-24(20)33(29,30)18-8-4-11-32-18/h3-4,6-8,11-12,16,20H,5,9-10,13H2,1-2H3,(H,22,27)(H,25,26). The zero-order valence-electron chi connectivity index (χ0n) is 18.1. The van der Waals surface area contributed by atoms with E-state index in [1.165, 1.54) is 6.07 Å². The Morgan fingerprint density at radius 2 is 2.00 bits per heavy atom. The fourth-order valence-corrected chi connectivity index (χ4v) is 6.43. The van der Waals surface area contributed by atoms with E-state index in [2.05, 4.69) is 5.32 Å². The highest BCUT2D eigenvalue weighted by atomic mass is 32.2. The first-order chi connectivity index (χ1) is 15.6. The number of carboxylic acid groups (broad SMARTS) is 1. The van der Waals surface area contributed by atoms with Crippen LogP contribution in [0.2, 0.25) is 0 Å². The third kappa shape index (κ3) is 5.52. The quantitative estimate of drug-likeness (QED) is 0.601. The number of hydrogen-bond acceptors (Lipinski definition) is 7. The summed E-state index contributed by atoms with van der Waals surface area (Å²) in [5.41, 5.74) is 1.42. The number of amides is 2. The molecule has 2 heterocycles. The van der Waals surface area contributed by atoms with Gasteiger partial charge in [-0.1, -0.05) is 35.9 Å². The molecule has 0 spiro atoms. The minimum atomic E-state index is -4.09. The third-order valence-electron chi connectivity index (χ3n) is 5.19. The normalized spacial score (nSPS) is 17.9. The molecular formula is C21H25N3O7S2. The van der Waals surface area contributed by atoms with E-state index < -0.39 is 46.6 Å². The molecule has 2 atom stereocenters. The minimum Gasteiger partial charge on any atom is -0.481 e. The largest absolute Gasteiger partial charge is 0.481 e. The van der Waals surface area contributed by atoms with Crippen molar-refractivity contribution in [1.82, 2.24) is 14.5 Å². The van der Waals surface area contributed by atoms with E-state index >= 15 is 0 Å². The second-order valence-corrected chi connectivity index (χ2v) is 10.6. The molecule has 1 fully saturated rings. The smallest absolute Gasteiger partial charge is 0.411 e. The molecule has 178 valence electrons. The van der Waals surface area contributed by atoms with Crippen LogP contribution in [0.1, 0.15) is 30.0 Å². The molecule has 10 nitrogen and oxygen atoms in total. The molecule has 0 radical (unpaired) electrons. The molecule has 0 bridgehead atoms. The van der Waals surface area contributed by atoms with Gasteiger partial charge < -0.3 is 15.2 Å². The van der Waals surface area contributed by atoms with Gasteiger partial charge in [0, 0.05) is 13.1 Å². The SMILES string of the molecule is COC(=O)N1CCCN(S(=O)(=O)c2cccs2)C1C(=O)NC(CC(=O)O)c1cccc(C)c1. The molecule has 1 aliphatic rings. The van der Waals surface area contributed by atoms with Crippen molar-refractivity contribution in [1.29, 1.82) is 0 Å². The highest BCUT2D eigenvalue weighted by molar-refractivity contribution is 7.91. The molecule has 3 rings (SSSR count). The zero-order valence-corrected chi connectivity index (χ0v) is 19.8. The van der Waals surface area contributed by atoms with Crippen LogP contribution in [-0.2, 0) is 24.3 Å². The van der Waals surface area contributed by atoms with Gasteiger partial charge in [-0.15, -0.1) is 11.3 Å². The van der Waals surface area contributed by atoms with Crippen LogP contribution in [0, 0.1) is 6.92 Å². The zero-order chi connectivity index (χ0) is 24.2. The summed E-state index contributed by atoms with van der Waals surface area (Å²) < 4.78 is 32.3. The first kappa shape index (κ1) is 24.7. The van der Waals surface area contributed by atoms with Crippen LogP contribution in [-0.4, -0.2) is 67.1 Å². The number of aryl methyl sites for hydroxylation is 1. The number of methoxy groups -OCH3 is 1. The Morgan fingerprint density at radius 3 is 2.61 bits per heavy atom. The maximum absolute atomic E-state index is 13.4. The number of carbonyl (C=O) groups excluding carboxylic acids is 2. The van der Waals surface area contributed by atoms with Crippen LogP contribution in [0.15, 0.2) is 46.0 Å². The molecule has 0 saturated carbocycles. The van der Waals surface area contributed by atoms with Crippen molar-refractivity contribution < 1.29 is 32.6 Å². The average molecular weight is 496 g/mol. The van der Waals surface area contributed by atoms with E-state index in [0.717, 1.165) is 33.2 Å². The summed E-state index contributed by atoms with van der Waals surface area (Å²) in [6.07, 6.45) is -2.50. The van der Waals surface area contributed by atoms with E-state index in [4.69, 9.17) is 4.74 Å². The van der Waals surface area contributed by atoms with Crippen molar-refractivity contribution >= 4 is 39.3 Å². The number of benzene rings is 1. The van der Waals surface area contributed by atoms with Gasteiger partial charge in [-0.3, -0.25) is 14.5 Å². The Balaban J connectivity index is 1.99. The lowest BCUT2D eigenvalue weighted by Crippen LogP contribution is -2.63. The van der Waals surface area contributed by atoms with Gasteiger partial charge in [0.25, 0.3) is 15.9 Å². The van der Waals surface area contributed by atoms with Crippen molar-refractivity contribution in [2.24, 2.45) is 0 Å². The summed E-state index contributed by atoms with van der Waals surface area (Å²) in [4.78, 5) is 38.4. The van der Waals surface area contributed by atoms with E-state index in [9.17, 15) is 27.9 Å². The lowest BCUT2D eigenvalue weighted by Gasteiger charge is -2.41. The highest BCUT2D eigenvalue weighted by Crippen LogP contribution is 2.28. The number of thiophene rings is 1. The van der Waals surface area contributed by atoms with Gasteiger partial charge in [-0.25, -0.2) is 13.2 Å². The number of carbonyl (C=O) groups is 3. The molecule has 0 aliphatic carbocycles. The number of ether oxygens (including phenoxy) is 1. The number of carboxylic acids is 1. The number of aliphatic carboxylic acids is 1. The van der Waals surface area contributed by atoms with E-state index in [1.807, 2.05) is 13.0 Å². The molecule has 1 aromatic heterocycles. The summed E-state index contributed by atoms with van der Waals surface area (Å²) in [5, 5.41) is 13.6. The third-order valence-corrected chi connectivity index (χ3v) is 8.41. The van der Waals surface area contributed by atoms with Crippen molar-refractivity contribution in [3.05, 3.63) is 52.9 Å². The number of nitrogens with one attached hydrogen (secondary N) is 1. The lowest BCUT2D eigenvalue weighted by molar-refractivity contribution is -0.138. The topological polar surface area (TPSA) is 133 Å². The van der Waals surface area contributed by atoms with Gasteiger partial charge in [0.2, 0.25) is 0 Å². The van der Waals surface area contributed by atoms with Crippen LogP contribution < -0.4 is 5.32 Å². The summed E-state index contributed by atoms with van der Waals surface area (Å²) in [7, 11) is -2.95. The van der Waals surface area contributed by atoms with Crippen LogP contribution in [0.3, 0.4) is 0 Å². The summed E-state index contributed by atoms with van der Waals surface area (Å²) >= 11 is 1.000. The molecule has 12 heteroatoms. The molecule has 1 saturated heterocycles. The van der Waals surface area contributed by atoms with Crippen LogP contribution in [0.25, 0.3) is 0 Å². The van der Waals surface area contributed by atoms with Crippen LogP contribution >= 0.6 is 11.3 Å². The first-order valence-corrected chi connectivity index (χ1v) is 12.5. The summed E-state index contributed by atoms with van der Waals surface area (Å²) in [6, 6.07) is 9.07. The van der Waals surface area contributed by atoms with Gasteiger partial charge >= 0.3 is 12.1 Å². The predicted molar refractivity (Wildman–Crippen MR) is 120 cm³/mol. The van der Waals surface area contributed by atoms with Gasteiger partial charge in [0.1, 0.15) is 4.21 Å². The second kappa shape index (κ2) is 10.3. The summed E-state index contributed by atoms with van der Waals surface area (Å²) in [5.74, 6) is -1.95. The Bertz CT molecular complexity index is 1120. The van der Waals surface area contributed by atoms with E-state index in [0.29, 0.717) is 12.0 Å². The lowest BCUT2D eigenvalue weighted by atomic mass is 10.0. The van der Waals surface area contributed by atoms with Gasteiger partial charge in [0.05, 0.1) is 19.6 Å². The van der Waals surface area contributed by atoms with Crippen molar-refractivity contribution in [3.8, 4) is 0 Å². The maximum atomic E-state index is 13.4. The number of nitrogens with zero attached hydrogens (tertiary/aromatic N) is 2. The second-order valence-electron chi connectivity index (χ2n) is 7.51. The predicted octanol–water partition coefficient (Wildman–Crippen LogP) is 2.18. The molecule has 2 amide bonds. The molecule has 1 aromatic carbocycles. The van der Waals surface area contributed by atoms with Crippen LogP contribution in [0.4, 0.5) is 4.79 Å². The molecule has 1 aliphatic heterocycles. The maximum Gasteiger partial charge on any atom is 0.411 e. The minimum absolute atomic E-state index is 0.0137.